The summed E-state index contributed by atoms with van der Waals surface area (Å²) in [5, 5.41) is 10.4. The van der Waals surface area contributed by atoms with Crippen LogP contribution in [0, 0.1) is 0 Å². The van der Waals surface area contributed by atoms with Gasteiger partial charge in [0.15, 0.2) is 5.82 Å². The molecular formula is C4H7N7. The van der Waals surface area contributed by atoms with Crippen LogP contribution >= 0.6 is 0 Å². The van der Waals surface area contributed by atoms with E-state index in [0.29, 0.717) is 12.2 Å². The van der Waals surface area contributed by atoms with Crippen LogP contribution in [0.2, 0.25) is 0 Å². The average Bonchev–Trinajstić information content (AvgIpc) is 2.34. The molecule has 0 aliphatic carbocycles. The van der Waals surface area contributed by atoms with Gasteiger partial charge in [-0.2, -0.15) is 0 Å². The molecule has 1 rings (SSSR count). The fourth-order valence-corrected chi connectivity index (χ4v) is 0.663. The van der Waals surface area contributed by atoms with Gasteiger partial charge in [0.1, 0.15) is 0 Å². The maximum atomic E-state index is 8.05. The molecule has 1 aromatic rings. The summed E-state index contributed by atoms with van der Waals surface area (Å²) in [7, 11) is 0. The fourth-order valence-electron chi connectivity index (χ4n) is 0.663. The number of nitrogens with zero attached hydrogens (tertiary/aromatic N) is 6. The van der Waals surface area contributed by atoms with Crippen LogP contribution in [0.15, 0.2) is 5.11 Å². The minimum atomic E-state index is 0.0874. The monoisotopic (exact) mass is 153 g/mol. The van der Waals surface area contributed by atoms with Gasteiger partial charge in [0, 0.05) is 11.3 Å². The summed E-state index contributed by atoms with van der Waals surface area (Å²) in [4.78, 5) is 2.54. The molecule has 7 heteroatoms. The number of hydrogen-bond acceptors (Lipinski definition) is 4. The SMILES string of the molecule is CCc1nnc(N=[N+]=[N-])n1N. The Labute approximate surface area is 62.4 Å². The second-order valence-electron chi connectivity index (χ2n) is 1.83. The molecular weight excluding hydrogens is 146 g/mol. The summed E-state index contributed by atoms with van der Waals surface area (Å²) in [5.41, 5.74) is 8.05. The number of rotatable bonds is 2. The first-order chi connectivity index (χ1) is 5.29. The van der Waals surface area contributed by atoms with Gasteiger partial charge in [-0.25, -0.2) is 4.68 Å². The summed E-state index contributed by atoms with van der Waals surface area (Å²) in [5.74, 6) is 6.10. The van der Waals surface area contributed by atoms with Crippen molar-refractivity contribution in [2.75, 3.05) is 5.84 Å². The highest BCUT2D eigenvalue weighted by Crippen LogP contribution is 2.06. The van der Waals surface area contributed by atoms with Crippen molar-refractivity contribution in [1.82, 2.24) is 14.9 Å². The lowest BCUT2D eigenvalue weighted by Crippen LogP contribution is -2.11. The Kier molecular flexibility index (Phi) is 1.93. The zero-order chi connectivity index (χ0) is 8.27. The van der Waals surface area contributed by atoms with E-state index >= 15 is 0 Å². The predicted octanol–water partition coefficient (Wildman–Crippen LogP) is 0.496. The van der Waals surface area contributed by atoms with Gasteiger partial charge in [0.05, 0.1) is 0 Å². The van der Waals surface area contributed by atoms with Crippen molar-refractivity contribution in [2.24, 2.45) is 5.11 Å². The molecule has 11 heavy (non-hydrogen) atoms. The molecule has 0 saturated heterocycles. The van der Waals surface area contributed by atoms with Crippen LogP contribution in [0.4, 0.5) is 5.95 Å². The molecule has 0 fully saturated rings. The number of nitrogens with two attached hydrogens (primary N) is 1. The molecule has 0 aliphatic heterocycles. The Bertz CT molecular complexity index is 293. The topological polar surface area (TPSA) is 105 Å². The summed E-state index contributed by atoms with van der Waals surface area (Å²) in [6.45, 7) is 1.88. The van der Waals surface area contributed by atoms with Crippen LogP contribution in [0.5, 0.6) is 0 Å². The predicted molar refractivity (Wildman–Crippen MR) is 38.4 cm³/mol. The van der Waals surface area contributed by atoms with E-state index in [-0.39, 0.29) is 5.95 Å². The summed E-state index contributed by atoms with van der Waals surface area (Å²) in [6.07, 6.45) is 0.657. The molecule has 1 heterocycles. The molecule has 0 aromatic carbocycles. The maximum Gasteiger partial charge on any atom is 0.239 e. The molecule has 0 unspecified atom stereocenters. The average molecular weight is 153 g/mol. The number of azide groups is 1. The Morgan fingerprint density at radius 3 is 2.91 bits per heavy atom. The molecule has 0 amide bonds. The molecule has 1 aromatic heterocycles. The van der Waals surface area contributed by atoms with E-state index < -0.39 is 0 Å². The third kappa shape index (κ3) is 1.22. The second-order valence-corrected chi connectivity index (χ2v) is 1.83. The van der Waals surface area contributed by atoms with Crippen LogP contribution in [-0.2, 0) is 6.42 Å². The number of aryl methyl sites for hydroxylation is 1. The van der Waals surface area contributed by atoms with Gasteiger partial charge in [-0.05, 0) is 10.6 Å². The molecule has 0 aliphatic rings. The normalized spacial score (nSPS) is 9.18. The van der Waals surface area contributed by atoms with E-state index in [1.54, 1.807) is 0 Å². The van der Waals surface area contributed by atoms with Crippen molar-refractivity contribution in [1.29, 1.82) is 0 Å². The Morgan fingerprint density at radius 1 is 1.73 bits per heavy atom. The van der Waals surface area contributed by atoms with E-state index in [2.05, 4.69) is 20.2 Å². The largest absolute Gasteiger partial charge is 0.336 e. The van der Waals surface area contributed by atoms with Gasteiger partial charge in [0.25, 0.3) is 0 Å². The minimum Gasteiger partial charge on any atom is -0.336 e. The Morgan fingerprint density at radius 2 is 2.45 bits per heavy atom. The number of nitrogen functional groups attached to an aromatic ring is 1. The Balaban J connectivity index is 3.09. The summed E-state index contributed by atoms with van der Waals surface area (Å²) < 4.78 is 1.17. The van der Waals surface area contributed by atoms with Gasteiger partial charge < -0.3 is 5.84 Å². The number of hydrogen-bond donors (Lipinski definition) is 1. The van der Waals surface area contributed by atoms with Crippen LogP contribution in [-0.4, -0.2) is 14.9 Å². The maximum absolute atomic E-state index is 8.05. The van der Waals surface area contributed by atoms with Gasteiger partial charge in [-0.15, -0.1) is 10.2 Å². The van der Waals surface area contributed by atoms with Crippen molar-refractivity contribution >= 4 is 5.95 Å². The fraction of sp³-hybridized carbons (Fsp3) is 0.500. The molecule has 58 valence electrons. The highest BCUT2D eigenvalue weighted by atomic mass is 15.5. The molecule has 0 bridgehead atoms. The Hall–Kier alpha value is -1.75. The van der Waals surface area contributed by atoms with Crippen LogP contribution in [0.3, 0.4) is 0 Å². The molecule has 0 saturated carbocycles. The van der Waals surface area contributed by atoms with Crippen LogP contribution in [0.25, 0.3) is 10.4 Å². The highest BCUT2D eigenvalue weighted by molar-refractivity contribution is 5.16. The summed E-state index contributed by atoms with van der Waals surface area (Å²) >= 11 is 0. The number of aromatic nitrogens is 3. The van der Waals surface area contributed by atoms with E-state index in [1.807, 2.05) is 6.92 Å². The molecule has 0 radical (unpaired) electrons. The molecule has 2 N–H and O–H groups in total. The van der Waals surface area contributed by atoms with Gasteiger partial charge >= 0.3 is 0 Å². The smallest absolute Gasteiger partial charge is 0.239 e. The van der Waals surface area contributed by atoms with Crippen molar-refractivity contribution in [3.63, 3.8) is 0 Å². The van der Waals surface area contributed by atoms with Gasteiger partial charge in [0.2, 0.25) is 5.95 Å². The standard InChI is InChI=1S/C4H7N7/c1-2-3-7-8-4(9-10-5)11(3)6/h2,6H2,1H3. The summed E-state index contributed by atoms with van der Waals surface area (Å²) in [6, 6.07) is 0. The third-order valence-corrected chi connectivity index (χ3v) is 1.20. The van der Waals surface area contributed by atoms with Gasteiger partial charge in [-0.1, -0.05) is 6.92 Å². The lowest BCUT2D eigenvalue weighted by atomic mass is 10.5. The van der Waals surface area contributed by atoms with E-state index in [9.17, 15) is 0 Å². The van der Waals surface area contributed by atoms with Crippen LogP contribution < -0.4 is 5.84 Å². The van der Waals surface area contributed by atoms with Crippen molar-refractivity contribution in [2.45, 2.75) is 13.3 Å². The van der Waals surface area contributed by atoms with Gasteiger partial charge in [-0.3, -0.25) is 0 Å². The van der Waals surface area contributed by atoms with Crippen molar-refractivity contribution < 1.29 is 0 Å². The van der Waals surface area contributed by atoms with E-state index in [0.717, 1.165) is 0 Å². The zero-order valence-electron chi connectivity index (χ0n) is 5.97. The zero-order valence-corrected chi connectivity index (χ0v) is 5.97. The lowest BCUT2D eigenvalue weighted by Gasteiger charge is -1.94. The minimum absolute atomic E-state index is 0.0874. The van der Waals surface area contributed by atoms with Crippen molar-refractivity contribution in [3.8, 4) is 0 Å². The first-order valence-corrected chi connectivity index (χ1v) is 3.04. The lowest BCUT2D eigenvalue weighted by molar-refractivity contribution is 0.854. The highest BCUT2D eigenvalue weighted by Gasteiger charge is 2.03. The quantitative estimate of drug-likeness (QED) is 0.289. The van der Waals surface area contributed by atoms with E-state index in [1.165, 1.54) is 4.68 Å². The first-order valence-electron chi connectivity index (χ1n) is 3.04. The van der Waals surface area contributed by atoms with Crippen LogP contribution in [0.1, 0.15) is 12.7 Å². The molecule has 0 atom stereocenters. The van der Waals surface area contributed by atoms with Crippen molar-refractivity contribution in [3.05, 3.63) is 16.3 Å². The second kappa shape index (κ2) is 2.89. The molecule has 0 spiro atoms. The third-order valence-electron chi connectivity index (χ3n) is 1.20. The first kappa shape index (κ1) is 7.36. The molecule has 7 nitrogen and oxygen atoms in total. The van der Waals surface area contributed by atoms with E-state index in [4.69, 9.17) is 11.4 Å².